The highest BCUT2D eigenvalue weighted by atomic mass is 16.3. The second-order valence-corrected chi connectivity index (χ2v) is 14.7. The monoisotopic (exact) mass is 426 g/mol. The van der Waals surface area contributed by atoms with Crippen LogP contribution >= 0.6 is 0 Å². The van der Waals surface area contributed by atoms with Crippen molar-refractivity contribution in [1.29, 1.82) is 0 Å². The van der Waals surface area contributed by atoms with Crippen molar-refractivity contribution < 1.29 is 5.11 Å². The molecule has 0 bridgehead atoms. The highest BCUT2D eigenvalue weighted by molar-refractivity contribution is 5.33. The summed E-state index contributed by atoms with van der Waals surface area (Å²) >= 11 is 0. The Morgan fingerprint density at radius 2 is 1.52 bits per heavy atom. The lowest BCUT2D eigenvalue weighted by atomic mass is 9.33. The fraction of sp³-hybridized carbons (Fsp3) is 0.933. The molecule has 1 heteroatoms. The van der Waals surface area contributed by atoms with Gasteiger partial charge < -0.3 is 5.11 Å². The molecule has 5 rings (SSSR count). The van der Waals surface area contributed by atoms with Gasteiger partial charge in [-0.3, -0.25) is 0 Å². The second kappa shape index (κ2) is 6.64. The first-order valence-corrected chi connectivity index (χ1v) is 13.7. The molecule has 5 aliphatic carbocycles. The van der Waals surface area contributed by atoms with Gasteiger partial charge in [-0.15, -0.1) is 0 Å². The number of hydrogen-bond acceptors (Lipinski definition) is 1. The summed E-state index contributed by atoms with van der Waals surface area (Å²) in [6, 6.07) is 0. The fourth-order valence-electron chi connectivity index (χ4n) is 10.8. The summed E-state index contributed by atoms with van der Waals surface area (Å²) in [6.45, 7) is 20.5. The third-order valence-electron chi connectivity index (χ3n) is 13.4. The van der Waals surface area contributed by atoms with Crippen LogP contribution in [0.1, 0.15) is 113 Å². The van der Waals surface area contributed by atoms with Crippen LogP contribution in [0.3, 0.4) is 0 Å². The van der Waals surface area contributed by atoms with Gasteiger partial charge in [-0.05, 0) is 114 Å². The van der Waals surface area contributed by atoms with E-state index in [1.807, 2.05) is 5.57 Å². The van der Waals surface area contributed by atoms with Gasteiger partial charge in [-0.2, -0.15) is 0 Å². The van der Waals surface area contributed by atoms with Gasteiger partial charge in [-0.1, -0.05) is 67.0 Å². The van der Waals surface area contributed by atoms with E-state index in [4.69, 9.17) is 0 Å². The van der Waals surface area contributed by atoms with Crippen molar-refractivity contribution in [1.82, 2.24) is 0 Å². The molecule has 0 radical (unpaired) electrons. The van der Waals surface area contributed by atoms with E-state index in [9.17, 15) is 5.11 Å². The molecule has 0 aromatic rings. The third-order valence-corrected chi connectivity index (χ3v) is 13.4. The van der Waals surface area contributed by atoms with Gasteiger partial charge in [-0.25, -0.2) is 0 Å². The van der Waals surface area contributed by atoms with E-state index in [1.54, 1.807) is 0 Å². The average molecular weight is 427 g/mol. The Kier molecular flexibility index (Phi) is 4.82. The molecule has 0 aromatic heterocycles. The minimum Gasteiger partial charge on any atom is -0.393 e. The number of fused-ring (bicyclic) bond motifs is 7. The average Bonchev–Trinajstić information content (AvgIpc) is 2.69. The summed E-state index contributed by atoms with van der Waals surface area (Å²) in [7, 11) is 0. The zero-order valence-corrected chi connectivity index (χ0v) is 21.9. The van der Waals surface area contributed by atoms with Crippen molar-refractivity contribution in [2.75, 3.05) is 0 Å². The van der Waals surface area contributed by atoms with Crippen LogP contribution in [-0.2, 0) is 0 Å². The molecule has 31 heavy (non-hydrogen) atoms. The van der Waals surface area contributed by atoms with E-state index < -0.39 is 0 Å². The molecule has 1 nitrogen and oxygen atoms in total. The molecule has 0 saturated heterocycles. The van der Waals surface area contributed by atoms with Crippen LogP contribution in [0.2, 0.25) is 0 Å². The fourth-order valence-corrected chi connectivity index (χ4v) is 10.8. The zero-order valence-electron chi connectivity index (χ0n) is 21.9. The van der Waals surface area contributed by atoms with Crippen molar-refractivity contribution in [3.63, 3.8) is 0 Å². The lowest BCUT2D eigenvalue weighted by Crippen LogP contribution is -2.64. The van der Waals surface area contributed by atoms with Crippen LogP contribution < -0.4 is 0 Å². The minimum absolute atomic E-state index is 0.0533. The molecule has 0 heterocycles. The van der Waals surface area contributed by atoms with Crippen molar-refractivity contribution >= 4 is 0 Å². The SMILES string of the molecule is CC1CC[C@]2(C)CC[C@]3(C)C(=CCC4[C@@]5(C)CC[C@H](O)C(C)(C)C5CC[C@]43C)C2C1C. The van der Waals surface area contributed by atoms with E-state index >= 15 is 0 Å². The minimum atomic E-state index is -0.125. The summed E-state index contributed by atoms with van der Waals surface area (Å²) < 4.78 is 0. The largest absolute Gasteiger partial charge is 0.393 e. The molecule has 0 spiro atoms. The van der Waals surface area contributed by atoms with Crippen molar-refractivity contribution in [3.8, 4) is 0 Å². The van der Waals surface area contributed by atoms with Crippen molar-refractivity contribution in [2.45, 2.75) is 119 Å². The summed E-state index contributed by atoms with van der Waals surface area (Å²) in [5.74, 6) is 3.90. The lowest BCUT2D eigenvalue weighted by Gasteiger charge is -2.71. The van der Waals surface area contributed by atoms with E-state index in [0.29, 0.717) is 27.6 Å². The molecule has 4 saturated carbocycles. The Balaban J connectivity index is 1.59. The Labute approximate surface area is 192 Å². The van der Waals surface area contributed by atoms with Gasteiger partial charge in [0.15, 0.2) is 0 Å². The van der Waals surface area contributed by atoms with Crippen LogP contribution in [0.15, 0.2) is 11.6 Å². The molecule has 5 unspecified atom stereocenters. The molecular formula is C30H50O. The van der Waals surface area contributed by atoms with Gasteiger partial charge in [0.25, 0.3) is 0 Å². The summed E-state index contributed by atoms with van der Waals surface area (Å²) in [5.41, 5.74) is 3.60. The normalized spacial score (nSPS) is 58.3. The quantitative estimate of drug-likeness (QED) is 0.389. The van der Waals surface area contributed by atoms with E-state index in [-0.39, 0.29) is 11.5 Å². The maximum Gasteiger partial charge on any atom is 0.0594 e. The highest BCUT2D eigenvalue weighted by Crippen LogP contribution is 2.75. The van der Waals surface area contributed by atoms with Gasteiger partial charge in [0, 0.05) is 0 Å². The molecule has 10 atom stereocenters. The smallest absolute Gasteiger partial charge is 0.0594 e. The first-order chi connectivity index (χ1) is 14.3. The van der Waals surface area contributed by atoms with Gasteiger partial charge in [0.2, 0.25) is 0 Å². The maximum absolute atomic E-state index is 10.9. The van der Waals surface area contributed by atoms with Gasteiger partial charge in [0.05, 0.1) is 6.10 Å². The Bertz CT molecular complexity index is 779. The van der Waals surface area contributed by atoms with Crippen LogP contribution in [0.25, 0.3) is 0 Å². The van der Waals surface area contributed by atoms with Crippen LogP contribution in [0, 0.1) is 56.7 Å². The number of allylic oxidation sites excluding steroid dienone is 2. The topological polar surface area (TPSA) is 20.2 Å². The summed E-state index contributed by atoms with van der Waals surface area (Å²) in [5, 5.41) is 10.9. The Morgan fingerprint density at radius 3 is 2.23 bits per heavy atom. The van der Waals surface area contributed by atoms with Gasteiger partial charge in [0.1, 0.15) is 0 Å². The second-order valence-electron chi connectivity index (χ2n) is 14.7. The molecule has 4 fully saturated rings. The first kappa shape index (κ1) is 22.5. The standard InChI is InChI=1S/C30H50O/c1-19-11-14-27(5)17-18-29(7)21(25(27)20(19)2)9-10-23-28(6)15-13-24(31)26(3,4)22(28)12-16-30(23,29)8/h9,19-20,22-25,31H,10-18H2,1-8H3/t19?,20?,22?,23?,24-,25?,27+,28-,29+,30+/m0/s1. The number of rotatable bonds is 0. The van der Waals surface area contributed by atoms with Crippen molar-refractivity contribution in [2.24, 2.45) is 56.7 Å². The number of aliphatic hydroxyl groups is 1. The highest BCUT2D eigenvalue weighted by Gasteiger charge is 2.67. The van der Waals surface area contributed by atoms with E-state index in [2.05, 4.69) is 61.5 Å². The maximum atomic E-state index is 10.9. The molecule has 0 aliphatic heterocycles. The third kappa shape index (κ3) is 2.65. The zero-order chi connectivity index (χ0) is 22.6. The first-order valence-electron chi connectivity index (χ1n) is 13.7. The molecule has 0 amide bonds. The number of hydrogen-bond donors (Lipinski definition) is 1. The molecule has 1 N–H and O–H groups in total. The summed E-state index contributed by atoms with van der Waals surface area (Å²) in [4.78, 5) is 0. The van der Waals surface area contributed by atoms with Crippen LogP contribution in [0.5, 0.6) is 0 Å². The molecular weight excluding hydrogens is 376 g/mol. The summed E-state index contributed by atoms with van der Waals surface area (Å²) in [6.07, 6.45) is 14.5. The Morgan fingerprint density at radius 1 is 0.806 bits per heavy atom. The molecule has 176 valence electrons. The predicted molar refractivity (Wildman–Crippen MR) is 131 cm³/mol. The van der Waals surface area contributed by atoms with Crippen molar-refractivity contribution in [3.05, 3.63) is 11.6 Å². The van der Waals surface area contributed by atoms with E-state index in [1.165, 1.54) is 51.4 Å². The predicted octanol–water partition coefficient (Wildman–Crippen LogP) is 8.02. The number of aliphatic hydroxyl groups excluding tert-OH is 1. The molecule has 5 aliphatic rings. The molecule has 0 aromatic carbocycles. The lowest BCUT2D eigenvalue weighted by molar-refractivity contribution is -0.203. The van der Waals surface area contributed by atoms with E-state index in [0.717, 1.165) is 30.1 Å². The van der Waals surface area contributed by atoms with Crippen LogP contribution in [-0.4, -0.2) is 11.2 Å². The Hall–Kier alpha value is -0.300. The van der Waals surface area contributed by atoms with Crippen LogP contribution in [0.4, 0.5) is 0 Å². The van der Waals surface area contributed by atoms with Gasteiger partial charge >= 0.3 is 0 Å².